The molecule has 2 heterocycles. The Morgan fingerprint density at radius 1 is 1.21 bits per heavy atom. The van der Waals surface area contributed by atoms with E-state index >= 15 is 0 Å². The van der Waals surface area contributed by atoms with Crippen LogP contribution in [0.4, 0.5) is 4.39 Å². The molecule has 1 N–H and O–H groups in total. The van der Waals surface area contributed by atoms with Gasteiger partial charge in [0.05, 0.1) is 5.92 Å². The van der Waals surface area contributed by atoms with Crippen molar-refractivity contribution >= 4 is 11.7 Å². The molecule has 1 saturated heterocycles. The number of fused-ring (bicyclic) bond motifs is 1. The number of halogens is 1. The van der Waals surface area contributed by atoms with Gasteiger partial charge in [-0.2, -0.15) is 0 Å². The molecule has 0 aromatic rings. The molecule has 6 nitrogen and oxygen atoms in total. The van der Waals surface area contributed by atoms with Gasteiger partial charge in [-0.3, -0.25) is 9.69 Å². The molecule has 2 aliphatic heterocycles. The standard InChI is InChI=1S/C22H33FN4O2/c1-15-13-19-21(14-20(15)23)29-25-22(19)27-11-9-26(10-12-27)8-7-17-3-5-18(6-4-17)24-16(2)28/h13-14,17-19,21H,3-12H2,1-2H3,(H,24,28)/t17-,18-,19?,21?. The van der Waals surface area contributed by atoms with E-state index in [4.69, 9.17) is 4.84 Å². The van der Waals surface area contributed by atoms with E-state index < -0.39 is 0 Å². The van der Waals surface area contributed by atoms with Gasteiger partial charge in [-0.15, -0.1) is 0 Å². The lowest BCUT2D eigenvalue weighted by atomic mass is 9.84. The summed E-state index contributed by atoms with van der Waals surface area (Å²) in [7, 11) is 0. The summed E-state index contributed by atoms with van der Waals surface area (Å²) in [6.45, 7) is 8.51. The SMILES string of the molecule is CC(=O)N[C@H]1CC[C@H](CCN2CCN(C3=NOC4C=C(F)C(C)=CC34)CC2)CC1. The molecule has 2 unspecified atom stereocenters. The van der Waals surface area contributed by atoms with E-state index in [2.05, 4.69) is 20.3 Å². The second-order valence-corrected chi connectivity index (χ2v) is 8.95. The second kappa shape index (κ2) is 8.86. The third kappa shape index (κ3) is 4.82. The zero-order valence-electron chi connectivity index (χ0n) is 17.6. The van der Waals surface area contributed by atoms with Gasteiger partial charge in [-0.1, -0.05) is 11.2 Å². The molecule has 2 fully saturated rings. The summed E-state index contributed by atoms with van der Waals surface area (Å²) in [6.07, 6.45) is 9.12. The van der Waals surface area contributed by atoms with Gasteiger partial charge in [0.25, 0.3) is 0 Å². The highest BCUT2D eigenvalue weighted by atomic mass is 19.1. The van der Waals surface area contributed by atoms with Crippen molar-refractivity contribution in [3.63, 3.8) is 0 Å². The third-order valence-electron chi connectivity index (χ3n) is 6.84. The van der Waals surface area contributed by atoms with E-state index in [0.29, 0.717) is 11.6 Å². The highest BCUT2D eigenvalue weighted by Gasteiger charge is 2.38. The third-order valence-corrected chi connectivity index (χ3v) is 6.84. The Balaban J connectivity index is 1.19. The fourth-order valence-corrected chi connectivity index (χ4v) is 5.03. The van der Waals surface area contributed by atoms with E-state index in [1.807, 2.05) is 6.08 Å². The van der Waals surface area contributed by atoms with Gasteiger partial charge in [-0.05, 0) is 63.1 Å². The quantitative estimate of drug-likeness (QED) is 0.783. The van der Waals surface area contributed by atoms with E-state index in [-0.39, 0.29) is 23.8 Å². The zero-order valence-corrected chi connectivity index (χ0v) is 17.6. The number of nitrogens with one attached hydrogen (secondary N) is 1. The van der Waals surface area contributed by atoms with E-state index in [1.54, 1.807) is 19.9 Å². The Labute approximate surface area is 172 Å². The predicted molar refractivity (Wildman–Crippen MR) is 111 cm³/mol. The maximum absolute atomic E-state index is 13.8. The van der Waals surface area contributed by atoms with Gasteiger partial charge in [0.2, 0.25) is 5.91 Å². The largest absolute Gasteiger partial charge is 0.386 e. The molecule has 0 aromatic heterocycles. The maximum atomic E-state index is 13.8. The van der Waals surface area contributed by atoms with Gasteiger partial charge >= 0.3 is 0 Å². The van der Waals surface area contributed by atoms with Gasteiger partial charge < -0.3 is 15.1 Å². The highest BCUT2D eigenvalue weighted by Crippen LogP contribution is 2.32. The molecular weight excluding hydrogens is 371 g/mol. The maximum Gasteiger partial charge on any atom is 0.217 e. The minimum Gasteiger partial charge on any atom is -0.386 e. The highest BCUT2D eigenvalue weighted by molar-refractivity contribution is 5.88. The van der Waals surface area contributed by atoms with Crippen LogP contribution in [0.2, 0.25) is 0 Å². The van der Waals surface area contributed by atoms with Crippen LogP contribution < -0.4 is 5.32 Å². The van der Waals surface area contributed by atoms with Gasteiger partial charge in [0.1, 0.15) is 5.83 Å². The Morgan fingerprint density at radius 3 is 2.62 bits per heavy atom. The van der Waals surface area contributed by atoms with Crippen LogP contribution in [0.3, 0.4) is 0 Å². The van der Waals surface area contributed by atoms with Crippen LogP contribution in [-0.4, -0.2) is 66.4 Å². The molecule has 4 aliphatic rings. The van der Waals surface area contributed by atoms with E-state index in [0.717, 1.165) is 57.3 Å². The molecule has 7 heteroatoms. The number of amides is 1. The lowest BCUT2D eigenvalue weighted by Gasteiger charge is -2.37. The van der Waals surface area contributed by atoms with Crippen LogP contribution in [-0.2, 0) is 9.63 Å². The first kappa shape index (κ1) is 20.4. The summed E-state index contributed by atoms with van der Waals surface area (Å²) < 4.78 is 13.8. The van der Waals surface area contributed by atoms with Crippen LogP contribution in [0, 0.1) is 11.8 Å². The lowest BCUT2D eigenvalue weighted by molar-refractivity contribution is -0.119. The van der Waals surface area contributed by atoms with Crippen LogP contribution in [0.25, 0.3) is 0 Å². The normalized spacial score (nSPS) is 32.7. The molecule has 0 spiro atoms. The first-order chi connectivity index (χ1) is 14.0. The minimum absolute atomic E-state index is 0.0415. The molecule has 160 valence electrons. The van der Waals surface area contributed by atoms with Crippen molar-refractivity contribution in [1.82, 2.24) is 15.1 Å². The fourth-order valence-electron chi connectivity index (χ4n) is 5.03. The molecule has 29 heavy (non-hydrogen) atoms. The number of carbonyl (C=O) groups is 1. The molecule has 0 radical (unpaired) electrons. The molecule has 2 atom stereocenters. The number of nitrogens with zero attached hydrogens (tertiary/aromatic N) is 3. The summed E-state index contributed by atoms with van der Waals surface area (Å²) in [6, 6.07) is 0.381. The number of carbonyl (C=O) groups excluding carboxylic acids is 1. The molecule has 1 amide bonds. The predicted octanol–water partition coefficient (Wildman–Crippen LogP) is 2.83. The van der Waals surface area contributed by atoms with Crippen molar-refractivity contribution < 1.29 is 14.0 Å². The molecule has 1 saturated carbocycles. The zero-order chi connectivity index (χ0) is 20.4. The summed E-state index contributed by atoms with van der Waals surface area (Å²) in [5.41, 5.74) is 0.677. The lowest BCUT2D eigenvalue weighted by Crippen LogP contribution is -2.50. The van der Waals surface area contributed by atoms with Crippen molar-refractivity contribution in [1.29, 1.82) is 0 Å². The Morgan fingerprint density at radius 2 is 1.93 bits per heavy atom. The van der Waals surface area contributed by atoms with E-state index in [1.165, 1.54) is 19.3 Å². The smallest absolute Gasteiger partial charge is 0.217 e. The molecule has 0 bridgehead atoms. The van der Waals surface area contributed by atoms with Crippen molar-refractivity contribution in [2.24, 2.45) is 17.0 Å². The average Bonchev–Trinajstić information content (AvgIpc) is 3.10. The molecule has 0 aromatic carbocycles. The van der Waals surface area contributed by atoms with Crippen molar-refractivity contribution in [2.45, 2.75) is 58.1 Å². The van der Waals surface area contributed by atoms with Crippen molar-refractivity contribution in [3.8, 4) is 0 Å². The van der Waals surface area contributed by atoms with Crippen molar-refractivity contribution in [3.05, 3.63) is 23.6 Å². The van der Waals surface area contributed by atoms with Gasteiger partial charge in [0.15, 0.2) is 11.9 Å². The Bertz CT molecular complexity index is 704. The van der Waals surface area contributed by atoms with Gasteiger partial charge in [-0.25, -0.2) is 4.39 Å². The number of rotatable bonds is 4. The fraction of sp³-hybridized carbons (Fsp3) is 0.727. The number of piperazine rings is 1. The Hall–Kier alpha value is -1.89. The van der Waals surface area contributed by atoms with Crippen LogP contribution >= 0.6 is 0 Å². The van der Waals surface area contributed by atoms with Crippen LogP contribution in [0.1, 0.15) is 46.0 Å². The summed E-state index contributed by atoms with van der Waals surface area (Å²) in [5, 5.41) is 7.34. The molecular formula is C22H33FN4O2. The van der Waals surface area contributed by atoms with Crippen LogP contribution in [0.15, 0.2) is 28.7 Å². The number of oxime groups is 1. The molecule has 2 aliphatic carbocycles. The summed E-state index contributed by atoms with van der Waals surface area (Å²) >= 11 is 0. The van der Waals surface area contributed by atoms with Gasteiger partial charge in [0, 0.05) is 39.1 Å². The summed E-state index contributed by atoms with van der Waals surface area (Å²) in [5.74, 6) is 1.67. The average molecular weight is 405 g/mol. The number of amidine groups is 1. The first-order valence-corrected chi connectivity index (χ1v) is 11.0. The summed E-state index contributed by atoms with van der Waals surface area (Å²) in [4.78, 5) is 21.5. The minimum atomic E-state index is -0.292. The second-order valence-electron chi connectivity index (χ2n) is 8.95. The number of hydrogen-bond donors (Lipinski definition) is 1. The van der Waals surface area contributed by atoms with Crippen molar-refractivity contribution in [2.75, 3.05) is 32.7 Å². The number of hydrogen-bond acceptors (Lipinski definition) is 5. The topological polar surface area (TPSA) is 57.2 Å². The van der Waals surface area contributed by atoms with E-state index in [9.17, 15) is 9.18 Å². The Kier molecular flexibility index (Phi) is 6.23. The van der Waals surface area contributed by atoms with Crippen LogP contribution in [0.5, 0.6) is 0 Å². The molecule has 4 rings (SSSR count). The number of allylic oxidation sites excluding steroid dienone is 2. The first-order valence-electron chi connectivity index (χ1n) is 11.0. The monoisotopic (exact) mass is 404 g/mol.